The summed E-state index contributed by atoms with van der Waals surface area (Å²) in [6.45, 7) is 5.74. The Morgan fingerprint density at radius 3 is 2.56 bits per heavy atom. The Morgan fingerprint density at radius 1 is 1.24 bits per heavy atom. The van der Waals surface area contributed by atoms with Crippen molar-refractivity contribution < 1.29 is 19.1 Å². The first-order valence-electron chi connectivity index (χ1n) is 8.55. The molecule has 9 heteroatoms. The van der Waals surface area contributed by atoms with E-state index in [-0.39, 0.29) is 29.6 Å². The van der Waals surface area contributed by atoms with Crippen molar-refractivity contribution >= 4 is 36.0 Å². The maximum Gasteiger partial charge on any atom is 0.232 e. The predicted molar refractivity (Wildman–Crippen MR) is 101 cm³/mol. The highest BCUT2D eigenvalue weighted by Gasteiger charge is 2.32. The van der Waals surface area contributed by atoms with Gasteiger partial charge in [0.25, 0.3) is 0 Å². The number of carbonyl (C=O) groups excluding carboxylic acids is 2. The van der Waals surface area contributed by atoms with Gasteiger partial charge in [0.05, 0.1) is 31.3 Å². The summed E-state index contributed by atoms with van der Waals surface area (Å²) in [7, 11) is 1.71. The van der Waals surface area contributed by atoms with E-state index in [1.165, 1.54) is 11.8 Å². The average Bonchev–Trinajstić information content (AvgIpc) is 2.62. The molecule has 0 aromatic carbocycles. The Bertz CT molecular complexity index is 411. The van der Waals surface area contributed by atoms with Crippen molar-refractivity contribution in [3.05, 3.63) is 0 Å². The largest absolute Gasteiger partial charge is 0.384 e. The quantitative estimate of drug-likeness (QED) is 0.608. The Balaban J connectivity index is 0.00000312. The van der Waals surface area contributed by atoms with Gasteiger partial charge in [-0.05, 0) is 25.9 Å². The van der Waals surface area contributed by atoms with Crippen molar-refractivity contribution in [2.24, 2.45) is 5.41 Å². The minimum absolute atomic E-state index is 0. The monoisotopic (exact) mass is 395 g/mol. The molecule has 0 radical (unpaired) electrons. The van der Waals surface area contributed by atoms with E-state index >= 15 is 0 Å². The second kappa shape index (κ2) is 12.0. The zero-order valence-electron chi connectivity index (χ0n) is 14.9. The average molecular weight is 396 g/mol. The van der Waals surface area contributed by atoms with Gasteiger partial charge >= 0.3 is 0 Å². The Kier molecular flexibility index (Phi) is 10.8. The third-order valence-corrected chi connectivity index (χ3v) is 5.52. The third-order valence-electron chi connectivity index (χ3n) is 4.60. The number of hydrogen-bond acceptors (Lipinski definition) is 6. The van der Waals surface area contributed by atoms with Gasteiger partial charge in [0.15, 0.2) is 0 Å². The number of halogens is 1. The van der Waals surface area contributed by atoms with E-state index in [0.717, 1.165) is 25.9 Å². The van der Waals surface area contributed by atoms with Crippen LogP contribution in [-0.4, -0.2) is 87.9 Å². The van der Waals surface area contributed by atoms with Gasteiger partial charge in [-0.15, -0.1) is 24.2 Å². The molecule has 146 valence electrons. The molecule has 2 aliphatic rings. The predicted octanol–water partition coefficient (Wildman–Crippen LogP) is 0.133. The molecule has 0 atom stereocenters. The van der Waals surface area contributed by atoms with Gasteiger partial charge in [-0.3, -0.25) is 9.59 Å². The number of nitrogens with one attached hydrogen (secondary N) is 2. The highest BCUT2D eigenvalue weighted by atomic mass is 35.5. The van der Waals surface area contributed by atoms with Crippen LogP contribution >= 0.6 is 24.2 Å². The summed E-state index contributed by atoms with van der Waals surface area (Å²) in [6, 6.07) is 0. The van der Waals surface area contributed by atoms with Crippen molar-refractivity contribution in [2.75, 3.05) is 71.2 Å². The van der Waals surface area contributed by atoms with E-state index in [0.29, 0.717) is 51.0 Å². The molecule has 0 saturated carbocycles. The number of nitrogens with zero attached hydrogens (tertiary/aromatic N) is 1. The number of carbonyl (C=O) groups is 2. The normalized spacial score (nSPS) is 19.8. The van der Waals surface area contributed by atoms with Crippen LogP contribution in [0.5, 0.6) is 0 Å². The molecule has 0 aliphatic carbocycles. The number of rotatable bonds is 8. The van der Waals surface area contributed by atoms with Gasteiger partial charge in [0.1, 0.15) is 0 Å². The number of methoxy groups -OCH3 is 1. The minimum atomic E-state index is -0.0104. The molecule has 0 aromatic rings. The smallest absolute Gasteiger partial charge is 0.232 e. The zero-order chi connectivity index (χ0) is 17.3. The molecule has 25 heavy (non-hydrogen) atoms. The Morgan fingerprint density at radius 2 is 1.92 bits per heavy atom. The lowest BCUT2D eigenvalue weighted by molar-refractivity contribution is -0.132. The van der Waals surface area contributed by atoms with E-state index in [1.807, 2.05) is 0 Å². The van der Waals surface area contributed by atoms with Crippen LogP contribution in [0.4, 0.5) is 0 Å². The first-order valence-corrected chi connectivity index (χ1v) is 9.70. The minimum Gasteiger partial charge on any atom is -0.384 e. The first kappa shape index (κ1) is 22.5. The van der Waals surface area contributed by atoms with Gasteiger partial charge < -0.3 is 25.0 Å². The van der Waals surface area contributed by atoms with Gasteiger partial charge in [-0.25, -0.2) is 0 Å². The highest BCUT2D eigenvalue weighted by Crippen LogP contribution is 2.28. The molecule has 0 bridgehead atoms. The number of morpholine rings is 1. The fraction of sp³-hybridized carbons (Fsp3) is 0.875. The molecule has 2 aliphatic heterocycles. The van der Waals surface area contributed by atoms with Gasteiger partial charge in [-0.2, -0.15) is 0 Å². The van der Waals surface area contributed by atoms with Crippen molar-refractivity contribution in [1.82, 2.24) is 15.5 Å². The van der Waals surface area contributed by atoms with Crippen LogP contribution in [0.25, 0.3) is 0 Å². The molecule has 2 N–H and O–H groups in total. The Labute approximate surface area is 160 Å². The summed E-state index contributed by atoms with van der Waals surface area (Å²) in [4.78, 5) is 25.9. The summed E-state index contributed by atoms with van der Waals surface area (Å²) in [5, 5.41) is 6.36. The number of amides is 2. The fourth-order valence-corrected chi connectivity index (χ4v) is 3.85. The van der Waals surface area contributed by atoms with Crippen molar-refractivity contribution in [1.29, 1.82) is 0 Å². The number of ether oxygens (including phenoxy) is 2. The number of hydrogen-bond donors (Lipinski definition) is 2. The molecule has 2 rings (SSSR count). The van der Waals surface area contributed by atoms with Crippen molar-refractivity contribution in [3.8, 4) is 0 Å². The number of piperidine rings is 1. The lowest BCUT2D eigenvalue weighted by atomic mass is 9.79. The molecule has 2 heterocycles. The van der Waals surface area contributed by atoms with E-state index in [2.05, 4.69) is 10.6 Å². The SMILES string of the molecule is COCC1(CNC(=O)CSCC(=O)N2CCOCC2)CCNCC1.Cl. The molecule has 0 unspecified atom stereocenters. The maximum absolute atomic E-state index is 12.1. The van der Waals surface area contributed by atoms with Gasteiger partial charge in [-0.1, -0.05) is 0 Å². The molecule has 0 aromatic heterocycles. The van der Waals surface area contributed by atoms with E-state index in [9.17, 15) is 9.59 Å². The van der Waals surface area contributed by atoms with Crippen molar-refractivity contribution in [2.45, 2.75) is 12.8 Å². The van der Waals surface area contributed by atoms with Crippen LogP contribution < -0.4 is 10.6 Å². The zero-order valence-corrected chi connectivity index (χ0v) is 16.5. The summed E-state index contributed by atoms with van der Waals surface area (Å²) in [5.74, 6) is 0.742. The van der Waals surface area contributed by atoms with E-state index in [1.54, 1.807) is 12.0 Å². The Hall–Kier alpha value is -0.540. The molecule has 2 fully saturated rings. The third kappa shape index (κ3) is 7.70. The highest BCUT2D eigenvalue weighted by molar-refractivity contribution is 8.00. The van der Waals surface area contributed by atoms with Crippen LogP contribution in [0.1, 0.15) is 12.8 Å². The second-order valence-corrected chi connectivity index (χ2v) is 7.43. The first-order chi connectivity index (χ1) is 11.7. The van der Waals surface area contributed by atoms with Crippen LogP contribution in [0.15, 0.2) is 0 Å². The fourth-order valence-electron chi connectivity index (χ4n) is 3.11. The molecular weight excluding hydrogens is 366 g/mol. The second-order valence-electron chi connectivity index (χ2n) is 6.45. The van der Waals surface area contributed by atoms with Crippen LogP contribution in [0.2, 0.25) is 0 Å². The van der Waals surface area contributed by atoms with Crippen LogP contribution in [0.3, 0.4) is 0 Å². The summed E-state index contributed by atoms with van der Waals surface area (Å²) < 4.78 is 10.6. The summed E-state index contributed by atoms with van der Waals surface area (Å²) >= 11 is 1.37. The van der Waals surface area contributed by atoms with E-state index in [4.69, 9.17) is 9.47 Å². The molecule has 2 amide bonds. The van der Waals surface area contributed by atoms with Crippen LogP contribution in [0, 0.1) is 5.41 Å². The maximum atomic E-state index is 12.1. The number of thioether (sulfide) groups is 1. The molecule has 0 spiro atoms. The van der Waals surface area contributed by atoms with Gasteiger partial charge in [0.2, 0.25) is 11.8 Å². The lowest BCUT2D eigenvalue weighted by Gasteiger charge is -2.37. The molecule has 2 saturated heterocycles. The molecule has 7 nitrogen and oxygen atoms in total. The van der Waals surface area contributed by atoms with Crippen LogP contribution in [-0.2, 0) is 19.1 Å². The molecular formula is C16H30ClN3O4S. The standard InChI is InChI=1S/C16H29N3O4S.ClH/c1-22-13-16(2-4-17-5-3-16)12-18-14(20)10-24-11-15(21)19-6-8-23-9-7-19;/h17H,2-13H2,1H3,(H,18,20);1H. The van der Waals surface area contributed by atoms with E-state index < -0.39 is 0 Å². The van der Waals surface area contributed by atoms with Gasteiger partial charge in [0, 0.05) is 32.2 Å². The summed E-state index contributed by atoms with van der Waals surface area (Å²) in [5.41, 5.74) is 0.0317. The topological polar surface area (TPSA) is 79.9 Å². The van der Waals surface area contributed by atoms with Crippen molar-refractivity contribution in [3.63, 3.8) is 0 Å². The lowest BCUT2D eigenvalue weighted by Crippen LogP contribution is -2.47. The summed E-state index contributed by atoms with van der Waals surface area (Å²) in [6.07, 6.45) is 2.01.